The molecule has 0 amide bonds. The highest BCUT2D eigenvalue weighted by atomic mass is 16.5. The van der Waals surface area contributed by atoms with Crippen LogP contribution < -0.4 is 5.73 Å². The summed E-state index contributed by atoms with van der Waals surface area (Å²) in [5, 5.41) is 6.98. The van der Waals surface area contributed by atoms with Crippen LogP contribution in [0.3, 0.4) is 0 Å². The van der Waals surface area contributed by atoms with E-state index in [4.69, 9.17) is 11.1 Å². The molecule has 0 saturated heterocycles. The molecule has 0 aromatic carbocycles. The Kier molecular flexibility index (Phi) is 6.96. The molecule has 4 nitrogen and oxygen atoms in total. The fourth-order valence-electron chi connectivity index (χ4n) is 1.04. The first-order chi connectivity index (χ1) is 6.16. The maximum atomic E-state index is 10.7. The van der Waals surface area contributed by atoms with Gasteiger partial charge in [0.1, 0.15) is 0 Å². The van der Waals surface area contributed by atoms with E-state index in [1.165, 1.54) is 7.11 Å². The van der Waals surface area contributed by atoms with E-state index in [9.17, 15) is 4.79 Å². The van der Waals surface area contributed by atoms with Crippen LogP contribution in [0.15, 0.2) is 0 Å². The molecule has 0 aromatic rings. The molecule has 0 aromatic heterocycles. The maximum Gasteiger partial charge on any atom is 0.305 e. The Morgan fingerprint density at radius 2 is 1.77 bits per heavy atom. The fourth-order valence-corrected chi connectivity index (χ4v) is 1.04. The van der Waals surface area contributed by atoms with Gasteiger partial charge in [-0.2, -0.15) is 0 Å². The van der Waals surface area contributed by atoms with Crippen LogP contribution in [-0.4, -0.2) is 18.9 Å². The van der Waals surface area contributed by atoms with E-state index in [0.29, 0.717) is 12.8 Å². The number of nitrogens with one attached hydrogen (secondary N) is 1. The monoisotopic (exact) mass is 186 g/mol. The van der Waals surface area contributed by atoms with Crippen molar-refractivity contribution < 1.29 is 9.53 Å². The first-order valence-electron chi connectivity index (χ1n) is 4.56. The van der Waals surface area contributed by atoms with Crippen LogP contribution in [-0.2, 0) is 9.53 Å². The highest BCUT2D eigenvalue weighted by Crippen LogP contribution is 2.05. The Balaban J connectivity index is 3.08. The lowest BCUT2D eigenvalue weighted by molar-refractivity contribution is -0.140. The summed E-state index contributed by atoms with van der Waals surface area (Å²) in [6, 6.07) is 0. The van der Waals surface area contributed by atoms with Gasteiger partial charge in [0.15, 0.2) is 0 Å². The zero-order valence-electron chi connectivity index (χ0n) is 8.14. The van der Waals surface area contributed by atoms with Gasteiger partial charge in [-0.3, -0.25) is 10.2 Å². The molecule has 0 atom stereocenters. The summed E-state index contributed by atoms with van der Waals surface area (Å²) in [5.74, 6) is 0.0968. The second-order valence-electron chi connectivity index (χ2n) is 3.02. The van der Waals surface area contributed by atoms with Gasteiger partial charge in [0.25, 0.3) is 0 Å². The van der Waals surface area contributed by atoms with Gasteiger partial charge in [0.2, 0.25) is 0 Å². The van der Waals surface area contributed by atoms with Crippen LogP contribution in [0.5, 0.6) is 0 Å². The minimum atomic E-state index is -0.147. The lowest BCUT2D eigenvalue weighted by Gasteiger charge is -2.00. The lowest BCUT2D eigenvalue weighted by atomic mass is 10.1. The van der Waals surface area contributed by atoms with Crippen molar-refractivity contribution in [3.63, 3.8) is 0 Å². The predicted octanol–water partition coefficient (Wildman–Crippen LogP) is 1.44. The summed E-state index contributed by atoms with van der Waals surface area (Å²) in [7, 11) is 1.40. The first-order valence-corrected chi connectivity index (χ1v) is 4.56. The summed E-state index contributed by atoms with van der Waals surface area (Å²) in [5.41, 5.74) is 5.19. The Labute approximate surface area is 79.0 Å². The standard InChI is InChI=1S/C9H18N2O2/c1-13-9(12)7-5-3-2-4-6-8(10)11/h2-7H2,1H3,(H3,10,11). The number of carbonyl (C=O) groups is 1. The molecule has 0 unspecified atom stereocenters. The number of hydrogen-bond donors (Lipinski definition) is 2. The summed E-state index contributed by atoms with van der Waals surface area (Å²) in [6.07, 6.45) is 4.99. The zero-order chi connectivity index (χ0) is 10.1. The Morgan fingerprint density at radius 3 is 2.23 bits per heavy atom. The number of carbonyl (C=O) groups excluding carboxylic acids is 1. The van der Waals surface area contributed by atoms with Gasteiger partial charge in [-0.15, -0.1) is 0 Å². The average Bonchev–Trinajstić information content (AvgIpc) is 2.10. The van der Waals surface area contributed by atoms with E-state index in [0.717, 1.165) is 25.7 Å². The average molecular weight is 186 g/mol. The van der Waals surface area contributed by atoms with Crippen LogP contribution in [0.4, 0.5) is 0 Å². The molecule has 76 valence electrons. The third-order valence-corrected chi connectivity index (χ3v) is 1.80. The van der Waals surface area contributed by atoms with Crippen molar-refractivity contribution in [2.24, 2.45) is 5.73 Å². The number of nitrogens with two attached hydrogens (primary N) is 1. The zero-order valence-corrected chi connectivity index (χ0v) is 8.14. The highest BCUT2D eigenvalue weighted by molar-refractivity contribution is 5.76. The summed E-state index contributed by atoms with van der Waals surface area (Å²) in [6.45, 7) is 0. The molecule has 0 heterocycles. The van der Waals surface area contributed by atoms with Crippen molar-refractivity contribution in [3.05, 3.63) is 0 Å². The molecular formula is C9H18N2O2. The minimum absolute atomic E-state index is 0.147. The van der Waals surface area contributed by atoms with E-state index >= 15 is 0 Å². The molecule has 0 aliphatic carbocycles. The third kappa shape index (κ3) is 8.85. The molecule has 3 N–H and O–H groups in total. The van der Waals surface area contributed by atoms with Gasteiger partial charge in [-0.25, -0.2) is 0 Å². The molecule has 0 spiro atoms. The predicted molar refractivity (Wildman–Crippen MR) is 51.6 cm³/mol. The normalized spacial score (nSPS) is 9.62. The quantitative estimate of drug-likeness (QED) is 0.273. The number of ether oxygens (including phenoxy) is 1. The highest BCUT2D eigenvalue weighted by Gasteiger charge is 1.98. The van der Waals surface area contributed by atoms with Crippen molar-refractivity contribution in [1.82, 2.24) is 0 Å². The van der Waals surface area contributed by atoms with Crippen molar-refractivity contribution in [1.29, 1.82) is 5.41 Å². The van der Waals surface area contributed by atoms with Gasteiger partial charge in [-0.05, 0) is 12.8 Å². The van der Waals surface area contributed by atoms with Gasteiger partial charge in [0, 0.05) is 12.8 Å². The van der Waals surface area contributed by atoms with Gasteiger partial charge in [-0.1, -0.05) is 12.8 Å². The van der Waals surface area contributed by atoms with Crippen molar-refractivity contribution in [2.45, 2.75) is 38.5 Å². The van der Waals surface area contributed by atoms with Gasteiger partial charge >= 0.3 is 5.97 Å². The van der Waals surface area contributed by atoms with Crippen LogP contribution in [0, 0.1) is 5.41 Å². The van der Waals surface area contributed by atoms with E-state index < -0.39 is 0 Å². The number of amidine groups is 1. The second kappa shape index (κ2) is 7.58. The van der Waals surface area contributed by atoms with Crippen LogP contribution >= 0.6 is 0 Å². The van der Waals surface area contributed by atoms with E-state index in [-0.39, 0.29) is 11.8 Å². The van der Waals surface area contributed by atoms with Crippen LogP contribution in [0.25, 0.3) is 0 Å². The summed E-state index contributed by atoms with van der Waals surface area (Å²) in [4.78, 5) is 10.7. The third-order valence-electron chi connectivity index (χ3n) is 1.80. The molecule has 0 aliphatic rings. The van der Waals surface area contributed by atoms with Gasteiger partial charge in [0.05, 0.1) is 12.9 Å². The lowest BCUT2D eigenvalue weighted by Crippen LogP contribution is -2.08. The molecule has 13 heavy (non-hydrogen) atoms. The topological polar surface area (TPSA) is 76.2 Å². The van der Waals surface area contributed by atoms with Crippen LogP contribution in [0.1, 0.15) is 38.5 Å². The molecule has 0 fully saturated rings. The summed E-state index contributed by atoms with van der Waals surface area (Å²) >= 11 is 0. The number of hydrogen-bond acceptors (Lipinski definition) is 3. The Hall–Kier alpha value is -1.06. The van der Waals surface area contributed by atoms with Crippen molar-refractivity contribution in [2.75, 3.05) is 7.11 Å². The summed E-state index contributed by atoms with van der Waals surface area (Å²) < 4.78 is 4.50. The number of esters is 1. The number of unbranched alkanes of at least 4 members (excludes halogenated alkanes) is 3. The smallest absolute Gasteiger partial charge is 0.305 e. The van der Waals surface area contributed by atoms with Gasteiger partial charge < -0.3 is 10.5 Å². The molecule has 4 heteroatoms. The number of rotatable bonds is 7. The molecule has 0 saturated carbocycles. The van der Waals surface area contributed by atoms with E-state index in [1.54, 1.807) is 0 Å². The molecule has 0 aliphatic heterocycles. The Bertz CT molecular complexity index is 169. The maximum absolute atomic E-state index is 10.7. The fraction of sp³-hybridized carbons (Fsp3) is 0.778. The molecule has 0 bridgehead atoms. The van der Waals surface area contributed by atoms with E-state index in [2.05, 4.69) is 4.74 Å². The minimum Gasteiger partial charge on any atom is -0.469 e. The number of methoxy groups -OCH3 is 1. The SMILES string of the molecule is COC(=O)CCCCCCC(=N)N. The van der Waals surface area contributed by atoms with Crippen LogP contribution in [0.2, 0.25) is 0 Å². The molecule has 0 rings (SSSR count). The largest absolute Gasteiger partial charge is 0.469 e. The molecule has 0 radical (unpaired) electrons. The van der Waals surface area contributed by atoms with Crippen molar-refractivity contribution >= 4 is 11.8 Å². The molecular weight excluding hydrogens is 168 g/mol. The Morgan fingerprint density at radius 1 is 1.23 bits per heavy atom. The first kappa shape index (κ1) is 11.9. The van der Waals surface area contributed by atoms with Crippen molar-refractivity contribution in [3.8, 4) is 0 Å². The second-order valence-corrected chi connectivity index (χ2v) is 3.02. The van der Waals surface area contributed by atoms with E-state index in [1.807, 2.05) is 0 Å².